The van der Waals surface area contributed by atoms with Crippen molar-refractivity contribution in [3.63, 3.8) is 0 Å². The summed E-state index contributed by atoms with van der Waals surface area (Å²) in [5.74, 6) is -0.00672. The summed E-state index contributed by atoms with van der Waals surface area (Å²) in [6, 6.07) is 9.92. The molecule has 0 aliphatic carbocycles. The van der Waals surface area contributed by atoms with E-state index < -0.39 is 5.92 Å². The van der Waals surface area contributed by atoms with E-state index in [9.17, 15) is 9.59 Å². The average Bonchev–Trinajstić information content (AvgIpc) is 3.22. The maximum Gasteiger partial charge on any atom is 0.229 e. The van der Waals surface area contributed by atoms with E-state index in [1.807, 2.05) is 35.2 Å². The number of nitrogens with one attached hydrogen (secondary N) is 2. The molecule has 1 aromatic heterocycles. The minimum atomic E-state index is -0.674. The van der Waals surface area contributed by atoms with Crippen LogP contribution in [0.25, 0.3) is 0 Å². The monoisotopic (exact) mass is 380 g/mol. The highest BCUT2D eigenvalue weighted by molar-refractivity contribution is 6.01. The van der Waals surface area contributed by atoms with E-state index in [2.05, 4.69) is 20.6 Å². The SMILES string of the molecule is Nc1nc(N2CCCC2)nc2c1[C@H](C(=O)NCCc1ccccc1)CC(=O)N2. The second-order valence-electron chi connectivity index (χ2n) is 7.20. The number of hydrogen-bond donors (Lipinski definition) is 3. The van der Waals surface area contributed by atoms with Gasteiger partial charge < -0.3 is 21.3 Å². The van der Waals surface area contributed by atoms with Gasteiger partial charge in [-0.25, -0.2) is 0 Å². The van der Waals surface area contributed by atoms with E-state index in [0.717, 1.165) is 37.9 Å². The number of amides is 2. The van der Waals surface area contributed by atoms with Gasteiger partial charge in [-0.3, -0.25) is 9.59 Å². The van der Waals surface area contributed by atoms with Gasteiger partial charge in [0, 0.05) is 26.1 Å². The fraction of sp³-hybridized carbons (Fsp3) is 0.400. The van der Waals surface area contributed by atoms with Crippen LogP contribution in [0.15, 0.2) is 30.3 Å². The summed E-state index contributed by atoms with van der Waals surface area (Å²) in [7, 11) is 0. The molecule has 2 aliphatic heterocycles. The Bertz CT molecular complexity index is 880. The predicted octanol–water partition coefficient (Wildman–Crippen LogP) is 1.44. The molecule has 28 heavy (non-hydrogen) atoms. The molecule has 3 heterocycles. The standard InChI is InChI=1S/C20H24N6O2/c21-17-16-14(19(28)22-9-8-13-6-2-1-3-7-13)12-15(27)23-18(16)25-20(24-17)26-10-4-5-11-26/h1-3,6-7,14H,4-5,8-12H2,(H,22,28)(H3,21,23,24,25,27)/t14-/m1/s1. The Hall–Kier alpha value is -3.16. The van der Waals surface area contributed by atoms with Crippen LogP contribution in [0.1, 0.15) is 36.3 Å². The smallest absolute Gasteiger partial charge is 0.229 e. The third-order valence-electron chi connectivity index (χ3n) is 5.22. The van der Waals surface area contributed by atoms with Gasteiger partial charge in [0.15, 0.2) is 0 Å². The van der Waals surface area contributed by atoms with Crippen molar-refractivity contribution in [2.45, 2.75) is 31.6 Å². The molecule has 0 spiro atoms. The van der Waals surface area contributed by atoms with E-state index in [0.29, 0.717) is 23.9 Å². The van der Waals surface area contributed by atoms with E-state index in [1.54, 1.807) is 0 Å². The maximum absolute atomic E-state index is 12.8. The first-order chi connectivity index (χ1) is 13.6. The second kappa shape index (κ2) is 7.84. The zero-order valence-corrected chi connectivity index (χ0v) is 15.6. The van der Waals surface area contributed by atoms with Gasteiger partial charge in [0.05, 0.1) is 11.5 Å². The number of carbonyl (C=O) groups is 2. The Morgan fingerprint density at radius 1 is 1.21 bits per heavy atom. The molecule has 2 aliphatic rings. The van der Waals surface area contributed by atoms with Gasteiger partial charge in [0.2, 0.25) is 17.8 Å². The molecule has 2 amide bonds. The molecule has 2 aromatic rings. The van der Waals surface area contributed by atoms with Crippen molar-refractivity contribution in [3.8, 4) is 0 Å². The highest BCUT2D eigenvalue weighted by Gasteiger charge is 2.35. The lowest BCUT2D eigenvalue weighted by atomic mass is 9.92. The Labute approximate surface area is 163 Å². The van der Waals surface area contributed by atoms with Crippen molar-refractivity contribution < 1.29 is 9.59 Å². The van der Waals surface area contributed by atoms with Gasteiger partial charge >= 0.3 is 0 Å². The van der Waals surface area contributed by atoms with Crippen molar-refractivity contribution in [1.29, 1.82) is 0 Å². The highest BCUT2D eigenvalue weighted by atomic mass is 16.2. The van der Waals surface area contributed by atoms with Crippen molar-refractivity contribution in [2.24, 2.45) is 0 Å². The molecule has 0 bridgehead atoms. The Morgan fingerprint density at radius 2 is 1.96 bits per heavy atom. The minimum absolute atomic E-state index is 0.0425. The third-order valence-corrected chi connectivity index (χ3v) is 5.22. The molecule has 0 saturated carbocycles. The number of anilines is 3. The molecule has 8 heteroatoms. The number of benzene rings is 1. The summed E-state index contributed by atoms with van der Waals surface area (Å²) in [5, 5.41) is 5.67. The van der Waals surface area contributed by atoms with E-state index in [1.165, 1.54) is 0 Å². The molecule has 0 radical (unpaired) electrons. The summed E-state index contributed by atoms with van der Waals surface area (Å²) >= 11 is 0. The van der Waals surface area contributed by atoms with Crippen molar-refractivity contribution in [2.75, 3.05) is 35.6 Å². The normalized spacial score (nSPS) is 18.5. The first-order valence-corrected chi connectivity index (χ1v) is 9.65. The quantitative estimate of drug-likeness (QED) is 0.723. The van der Waals surface area contributed by atoms with E-state index >= 15 is 0 Å². The van der Waals surface area contributed by atoms with Crippen LogP contribution < -0.4 is 21.3 Å². The summed E-state index contributed by atoms with van der Waals surface area (Å²) in [6.45, 7) is 2.23. The lowest BCUT2D eigenvalue weighted by Gasteiger charge is -2.26. The zero-order chi connectivity index (χ0) is 19.5. The molecule has 1 fully saturated rings. The van der Waals surface area contributed by atoms with Gasteiger partial charge in [-0.15, -0.1) is 0 Å². The molecular formula is C20H24N6O2. The number of nitrogens with zero attached hydrogens (tertiary/aromatic N) is 3. The highest BCUT2D eigenvalue weighted by Crippen LogP contribution is 2.36. The molecule has 4 N–H and O–H groups in total. The molecule has 1 aromatic carbocycles. The number of nitrogens with two attached hydrogens (primary N) is 1. The van der Waals surface area contributed by atoms with Crippen LogP contribution >= 0.6 is 0 Å². The first-order valence-electron chi connectivity index (χ1n) is 9.65. The Morgan fingerprint density at radius 3 is 2.71 bits per heavy atom. The molecule has 0 unspecified atom stereocenters. The first kappa shape index (κ1) is 18.2. The number of fused-ring (bicyclic) bond motifs is 1. The number of rotatable bonds is 5. The van der Waals surface area contributed by atoms with Gasteiger partial charge in [-0.1, -0.05) is 30.3 Å². The lowest BCUT2D eigenvalue weighted by Crippen LogP contribution is -2.37. The van der Waals surface area contributed by atoms with Crippen LogP contribution in [0.3, 0.4) is 0 Å². The number of carbonyl (C=O) groups excluding carboxylic acids is 2. The van der Waals surface area contributed by atoms with Crippen LogP contribution in [-0.4, -0.2) is 41.4 Å². The number of aromatic nitrogens is 2. The van der Waals surface area contributed by atoms with E-state index in [-0.39, 0.29) is 24.1 Å². The molecule has 146 valence electrons. The predicted molar refractivity (Wildman–Crippen MR) is 107 cm³/mol. The third kappa shape index (κ3) is 3.76. The largest absolute Gasteiger partial charge is 0.383 e. The van der Waals surface area contributed by atoms with Crippen LogP contribution in [0.5, 0.6) is 0 Å². The second-order valence-corrected chi connectivity index (χ2v) is 7.20. The summed E-state index contributed by atoms with van der Waals surface area (Å²) in [6.07, 6.45) is 2.93. The lowest BCUT2D eigenvalue weighted by molar-refractivity contribution is -0.126. The van der Waals surface area contributed by atoms with Crippen molar-refractivity contribution in [1.82, 2.24) is 15.3 Å². The Kier molecular flexibility index (Phi) is 5.10. The van der Waals surface area contributed by atoms with Gasteiger partial charge in [-0.05, 0) is 24.8 Å². The average molecular weight is 380 g/mol. The minimum Gasteiger partial charge on any atom is -0.383 e. The fourth-order valence-corrected chi connectivity index (χ4v) is 3.76. The molecular weight excluding hydrogens is 356 g/mol. The molecule has 1 saturated heterocycles. The molecule has 8 nitrogen and oxygen atoms in total. The summed E-state index contributed by atoms with van der Waals surface area (Å²) in [4.78, 5) is 35.9. The van der Waals surface area contributed by atoms with Crippen LogP contribution in [0, 0.1) is 0 Å². The van der Waals surface area contributed by atoms with E-state index in [4.69, 9.17) is 5.73 Å². The number of hydrogen-bond acceptors (Lipinski definition) is 6. The van der Waals surface area contributed by atoms with Crippen LogP contribution in [0.4, 0.5) is 17.6 Å². The molecule has 4 rings (SSSR count). The molecule has 1 atom stereocenters. The fourth-order valence-electron chi connectivity index (χ4n) is 3.76. The maximum atomic E-state index is 12.8. The summed E-state index contributed by atoms with van der Waals surface area (Å²) in [5.41, 5.74) is 7.85. The van der Waals surface area contributed by atoms with Crippen molar-refractivity contribution in [3.05, 3.63) is 41.5 Å². The summed E-state index contributed by atoms with van der Waals surface area (Å²) < 4.78 is 0. The topological polar surface area (TPSA) is 113 Å². The van der Waals surface area contributed by atoms with Crippen LogP contribution in [0.2, 0.25) is 0 Å². The zero-order valence-electron chi connectivity index (χ0n) is 15.6. The van der Waals surface area contributed by atoms with Crippen LogP contribution in [-0.2, 0) is 16.0 Å². The Balaban J connectivity index is 1.50. The van der Waals surface area contributed by atoms with Crippen molar-refractivity contribution >= 4 is 29.4 Å². The van der Waals surface area contributed by atoms with Gasteiger partial charge in [-0.2, -0.15) is 9.97 Å². The van der Waals surface area contributed by atoms with Gasteiger partial charge in [0.25, 0.3) is 0 Å². The number of nitrogen functional groups attached to an aromatic ring is 1. The van der Waals surface area contributed by atoms with Gasteiger partial charge in [0.1, 0.15) is 11.6 Å².